The fourth-order valence-electron chi connectivity index (χ4n) is 4.15. The Labute approximate surface area is 174 Å². The lowest BCUT2D eigenvalue weighted by Gasteiger charge is -2.35. The Hall–Kier alpha value is -2.18. The van der Waals surface area contributed by atoms with Gasteiger partial charge in [0, 0.05) is 33.2 Å². The minimum absolute atomic E-state index is 0.102. The number of imidazole rings is 1. The highest BCUT2D eigenvalue weighted by molar-refractivity contribution is 7.95. The number of amides is 1. The van der Waals surface area contributed by atoms with Gasteiger partial charge in [0.25, 0.3) is 0 Å². The predicted molar refractivity (Wildman–Crippen MR) is 111 cm³/mol. The number of hydrogen-bond acceptors (Lipinski definition) is 6. The molecule has 1 atom stereocenters. The number of benzene rings is 1. The molecule has 2 fully saturated rings. The van der Waals surface area contributed by atoms with Gasteiger partial charge in [0.1, 0.15) is 6.54 Å². The lowest BCUT2D eigenvalue weighted by Crippen LogP contribution is -2.53. The number of fused-ring (bicyclic) bond motifs is 1. The molecule has 10 nitrogen and oxygen atoms in total. The molecule has 2 aliphatic heterocycles. The maximum atomic E-state index is 12.8. The second-order valence-corrected chi connectivity index (χ2v) is 12.2. The van der Waals surface area contributed by atoms with E-state index in [1.165, 1.54) is 13.4 Å². The average Bonchev–Trinajstić information content (AvgIpc) is 3.21. The van der Waals surface area contributed by atoms with Crippen LogP contribution in [0.2, 0.25) is 0 Å². The summed E-state index contributed by atoms with van der Waals surface area (Å²) >= 11 is 0. The summed E-state index contributed by atoms with van der Waals surface area (Å²) in [4.78, 5) is 26.8. The number of sulfonamides is 1. The third-order valence-corrected chi connectivity index (χ3v) is 10.2. The monoisotopic (exact) mass is 456 g/mol. The van der Waals surface area contributed by atoms with Gasteiger partial charge in [-0.1, -0.05) is 12.1 Å². The molecule has 164 valence electrons. The third kappa shape index (κ3) is 3.67. The molecule has 0 N–H and O–H groups in total. The van der Waals surface area contributed by atoms with E-state index in [2.05, 4.69) is 0 Å². The van der Waals surface area contributed by atoms with Gasteiger partial charge in [0.15, 0.2) is 9.84 Å². The molecule has 30 heavy (non-hydrogen) atoms. The summed E-state index contributed by atoms with van der Waals surface area (Å²) in [5.74, 6) is -0.693. The van der Waals surface area contributed by atoms with Crippen LogP contribution < -0.4 is 5.69 Å². The number of nitrogens with zero attached hydrogens (tertiary/aromatic N) is 4. The van der Waals surface area contributed by atoms with Crippen molar-refractivity contribution >= 4 is 36.8 Å². The molecule has 1 amide bonds. The van der Waals surface area contributed by atoms with Gasteiger partial charge in [-0.3, -0.25) is 13.9 Å². The van der Waals surface area contributed by atoms with E-state index in [1.807, 2.05) is 12.1 Å². The van der Waals surface area contributed by atoms with Gasteiger partial charge in [0.2, 0.25) is 15.9 Å². The van der Waals surface area contributed by atoms with Crippen molar-refractivity contribution in [2.24, 2.45) is 7.05 Å². The molecule has 0 aliphatic carbocycles. The van der Waals surface area contributed by atoms with Gasteiger partial charge >= 0.3 is 5.69 Å². The fourth-order valence-corrected chi connectivity index (χ4v) is 8.66. The number of rotatable bonds is 4. The molecule has 0 bridgehead atoms. The molecule has 0 spiro atoms. The number of piperazine rings is 1. The molecular formula is C18H24N4O6S2. The minimum atomic E-state index is -3.72. The van der Waals surface area contributed by atoms with E-state index in [-0.39, 0.29) is 62.2 Å². The SMILES string of the molecule is Cn1c(=O)n(CC(=O)N2CCN(S(=O)(=O)C3CCS(=O)(=O)C3)CC2)c2ccccc21. The van der Waals surface area contributed by atoms with Gasteiger partial charge in [0.05, 0.1) is 27.8 Å². The first-order chi connectivity index (χ1) is 14.1. The fraction of sp³-hybridized carbons (Fsp3) is 0.556. The maximum Gasteiger partial charge on any atom is 0.329 e. The molecule has 1 aromatic heterocycles. The first kappa shape index (κ1) is 21.1. The highest BCUT2D eigenvalue weighted by Gasteiger charge is 2.41. The van der Waals surface area contributed by atoms with Crippen LogP contribution in [0.5, 0.6) is 0 Å². The minimum Gasteiger partial charge on any atom is -0.338 e. The molecule has 1 aromatic carbocycles. The zero-order valence-corrected chi connectivity index (χ0v) is 18.2. The number of aryl methyl sites for hydroxylation is 1. The van der Waals surface area contributed by atoms with Gasteiger partial charge in [-0.2, -0.15) is 4.31 Å². The summed E-state index contributed by atoms with van der Waals surface area (Å²) in [5.41, 5.74) is 1.12. The molecule has 2 aromatic rings. The summed E-state index contributed by atoms with van der Waals surface area (Å²) in [6, 6.07) is 7.22. The maximum absolute atomic E-state index is 12.8. The second kappa shape index (κ2) is 7.50. The van der Waals surface area contributed by atoms with Crippen molar-refractivity contribution in [3.63, 3.8) is 0 Å². The standard InChI is InChI=1S/C18H24N4O6S2/c1-19-15-4-2-3-5-16(15)22(18(19)24)12-17(23)20-7-9-21(10-8-20)30(27,28)14-6-11-29(25,26)13-14/h2-5,14H,6-13H2,1H3. The second-order valence-electron chi connectivity index (χ2n) is 7.77. The first-order valence-electron chi connectivity index (χ1n) is 9.71. The van der Waals surface area contributed by atoms with Crippen molar-refractivity contribution in [3.8, 4) is 0 Å². The normalized spacial score (nSPS) is 22.6. The van der Waals surface area contributed by atoms with E-state index in [0.29, 0.717) is 5.52 Å². The van der Waals surface area contributed by atoms with Crippen LogP contribution in [0.25, 0.3) is 11.0 Å². The van der Waals surface area contributed by atoms with Crippen molar-refractivity contribution < 1.29 is 21.6 Å². The van der Waals surface area contributed by atoms with Crippen LogP contribution >= 0.6 is 0 Å². The number of hydrogen-bond donors (Lipinski definition) is 0. The van der Waals surface area contributed by atoms with Crippen molar-refractivity contribution in [3.05, 3.63) is 34.7 Å². The number of aromatic nitrogens is 2. The van der Waals surface area contributed by atoms with Gasteiger partial charge in [-0.25, -0.2) is 21.6 Å². The average molecular weight is 457 g/mol. The van der Waals surface area contributed by atoms with E-state index in [1.54, 1.807) is 24.1 Å². The summed E-state index contributed by atoms with van der Waals surface area (Å²) in [6.07, 6.45) is 0.119. The van der Waals surface area contributed by atoms with Crippen LogP contribution in [-0.2, 0) is 38.2 Å². The van der Waals surface area contributed by atoms with Crippen molar-refractivity contribution in [1.82, 2.24) is 18.3 Å². The molecule has 4 rings (SSSR count). The Bertz CT molecular complexity index is 1250. The van der Waals surface area contributed by atoms with E-state index >= 15 is 0 Å². The molecular weight excluding hydrogens is 432 g/mol. The summed E-state index contributed by atoms with van der Waals surface area (Å²) in [5, 5.41) is -0.904. The predicted octanol–water partition coefficient (Wildman–Crippen LogP) is -0.999. The summed E-state index contributed by atoms with van der Waals surface area (Å²) < 4.78 is 53.0. The van der Waals surface area contributed by atoms with Crippen LogP contribution in [0.4, 0.5) is 0 Å². The lowest BCUT2D eigenvalue weighted by atomic mass is 10.3. The molecule has 12 heteroatoms. The van der Waals surface area contributed by atoms with Crippen LogP contribution in [0.1, 0.15) is 6.42 Å². The zero-order chi connectivity index (χ0) is 21.7. The Kier molecular flexibility index (Phi) is 5.27. The van der Waals surface area contributed by atoms with E-state index < -0.39 is 25.1 Å². The molecule has 0 saturated carbocycles. The van der Waals surface area contributed by atoms with Crippen molar-refractivity contribution in [2.45, 2.75) is 18.2 Å². The lowest BCUT2D eigenvalue weighted by molar-refractivity contribution is -0.133. The van der Waals surface area contributed by atoms with Crippen LogP contribution in [0.3, 0.4) is 0 Å². The van der Waals surface area contributed by atoms with E-state index in [4.69, 9.17) is 0 Å². The molecule has 2 saturated heterocycles. The molecule has 0 radical (unpaired) electrons. The van der Waals surface area contributed by atoms with E-state index in [0.717, 1.165) is 5.52 Å². The largest absolute Gasteiger partial charge is 0.338 e. The first-order valence-corrected chi connectivity index (χ1v) is 13.0. The van der Waals surface area contributed by atoms with E-state index in [9.17, 15) is 26.4 Å². The molecule has 1 unspecified atom stereocenters. The topological polar surface area (TPSA) is 119 Å². The van der Waals surface area contributed by atoms with Crippen LogP contribution in [0.15, 0.2) is 29.1 Å². The smallest absolute Gasteiger partial charge is 0.329 e. The van der Waals surface area contributed by atoms with Gasteiger partial charge in [-0.05, 0) is 18.6 Å². The zero-order valence-electron chi connectivity index (χ0n) is 16.6. The number of carbonyl (C=O) groups excluding carboxylic acids is 1. The Morgan fingerprint density at radius 3 is 2.33 bits per heavy atom. The Morgan fingerprint density at radius 2 is 1.73 bits per heavy atom. The summed E-state index contributed by atoms with van der Waals surface area (Å²) in [7, 11) is -5.36. The quantitative estimate of drug-likeness (QED) is 0.582. The number of sulfone groups is 1. The molecule has 2 aliphatic rings. The van der Waals surface area contributed by atoms with Crippen LogP contribution in [-0.4, -0.2) is 84.0 Å². The Morgan fingerprint density at radius 1 is 1.10 bits per heavy atom. The molecule has 3 heterocycles. The number of para-hydroxylation sites is 2. The van der Waals surface area contributed by atoms with Crippen LogP contribution in [0, 0.1) is 0 Å². The van der Waals surface area contributed by atoms with Crippen molar-refractivity contribution in [1.29, 1.82) is 0 Å². The highest BCUT2D eigenvalue weighted by Crippen LogP contribution is 2.23. The summed E-state index contributed by atoms with van der Waals surface area (Å²) in [6.45, 7) is 0.534. The Balaban J connectivity index is 1.43. The number of carbonyl (C=O) groups is 1. The van der Waals surface area contributed by atoms with Gasteiger partial charge in [-0.15, -0.1) is 0 Å². The highest BCUT2D eigenvalue weighted by atomic mass is 32.2. The van der Waals surface area contributed by atoms with Gasteiger partial charge < -0.3 is 4.90 Å². The third-order valence-electron chi connectivity index (χ3n) is 5.91. The van der Waals surface area contributed by atoms with Crippen molar-refractivity contribution in [2.75, 3.05) is 37.7 Å².